The number of rotatable bonds is 4. The molecule has 2 aromatic carbocycles. The largest absolute Gasteiger partial charge is 0.469 e. The second-order valence-electron chi connectivity index (χ2n) is 7.66. The Labute approximate surface area is 156 Å². The third-order valence-corrected chi connectivity index (χ3v) is 6.05. The molecule has 0 aromatic heterocycles. The number of benzene rings is 2. The molecule has 0 amide bonds. The summed E-state index contributed by atoms with van der Waals surface area (Å²) < 4.78 is 4.84. The maximum absolute atomic E-state index is 11.6. The van der Waals surface area contributed by atoms with E-state index in [0.717, 1.165) is 13.1 Å². The smallest absolute Gasteiger partial charge is 0.306 e. The molecule has 136 valence electrons. The van der Waals surface area contributed by atoms with Gasteiger partial charge in [-0.05, 0) is 67.0 Å². The van der Waals surface area contributed by atoms with E-state index in [1.165, 1.54) is 54.2 Å². The first-order valence-electron chi connectivity index (χ1n) is 9.67. The van der Waals surface area contributed by atoms with Crippen LogP contribution in [0.4, 0.5) is 0 Å². The third kappa shape index (κ3) is 3.28. The Morgan fingerprint density at radius 1 is 1.12 bits per heavy atom. The molecule has 1 saturated heterocycles. The lowest BCUT2D eigenvalue weighted by Gasteiger charge is -2.29. The maximum atomic E-state index is 11.6. The summed E-state index contributed by atoms with van der Waals surface area (Å²) in [6.07, 6.45) is 4.13. The van der Waals surface area contributed by atoms with Crippen molar-refractivity contribution >= 4 is 5.97 Å². The average Bonchev–Trinajstić information content (AvgIpc) is 2.87. The predicted molar refractivity (Wildman–Crippen MR) is 104 cm³/mol. The molecule has 26 heavy (non-hydrogen) atoms. The van der Waals surface area contributed by atoms with Gasteiger partial charge in [0.15, 0.2) is 0 Å². The number of carbonyl (C=O) groups excluding carboxylic acids is 1. The first-order chi connectivity index (χ1) is 12.7. The lowest BCUT2D eigenvalue weighted by molar-refractivity contribution is -0.141. The first-order valence-corrected chi connectivity index (χ1v) is 9.67. The van der Waals surface area contributed by atoms with Crippen LogP contribution in [-0.2, 0) is 9.53 Å². The molecule has 4 rings (SSSR count). The fraction of sp³-hybridized carbons (Fsp3) is 0.435. The lowest BCUT2D eigenvalue weighted by atomic mass is 9.93. The van der Waals surface area contributed by atoms with Gasteiger partial charge in [-0.15, -0.1) is 0 Å². The van der Waals surface area contributed by atoms with Crippen molar-refractivity contribution in [2.75, 3.05) is 20.2 Å². The highest BCUT2D eigenvalue weighted by atomic mass is 16.5. The molecule has 0 spiro atoms. The SMILES string of the molecule is COC(=O)CCN1CCC[C@@H]2C[C@@H]1c1cc(-c3ccc(C)cc3)ccc12. The van der Waals surface area contributed by atoms with E-state index in [9.17, 15) is 4.79 Å². The second kappa shape index (κ2) is 7.24. The number of nitrogens with zero attached hydrogens (tertiary/aromatic N) is 1. The minimum atomic E-state index is -0.113. The molecular weight excluding hydrogens is 322 g/mol. The minimum absolute atomic E-state index is 0.113. The van der Waals surface area contributed by atoms with E-state index in [1.807, 2.05) is 0 Å². The van der Waals surface area contributed by atoms with Crippen LogP contribution in [0.25, 0.3) is 11.1 Å². The van der Waals surface area contributed by atoms with Gasteiger partial charge >= 0.3 is 5.97 Å². The molecule has 3 heteroatoms. The second-order valence-corrected chi connectivity index (χ2v) is 7.66. The van der Waals surface area contributed by atoms with Gasteiger partial charge in [0.1, 0.15) is 0 Å². The summed E-state index contributed by atoms with van der Waals surface area (Å²) in [5.74, 6) is 0.558. The Hall–Kier alpha value is -2.13. The van der Waals surface area contributed by atoms with E-state index < -0.39 is 0 Å². The monoisotopic (exact) mass is 349 g/mol. The Kier molecular flexibility index (Phi) is 4.82. The van der Waals surface area contributed by atoms with E-state index in [2.05, 4.69) is 54.3 Å². The van der Waals surface area contributed by atoms with Gasteiger partial charge in [-0.2, -0.15) is 0 Å². The standard InChI is InChI=1S/C23H27NO2/c1-16-5-7-17(8-6-16)18-9-10-20-19-4-3-12-24(13-11-23(25)26-2)22(15-19)21(20)14-18/h5-10,14,19,22H,3-4,11-13,15H2,1-2H3/t19-,22-/m1/s1. The molecule has 2 bridgehead atoms. The molecule has 1 fully saturated rings. The Morgan fingerprint density at radius 2 is 1.88 bits per heavy atom. The van der Waals surface area contributed by atoms with Crippen molar-refractivity contribution in [3.8, 4) is 11.1 Å². The number of carbonyl (C=O) groups is 1. The summed E-state index contributed by atoms with van der Waals surface area (Å²) in [6, 6.07) is 16.2. The van der Waals surface area contributed by atoms with Crippen molar-refractivity contribution in [2.24, 2.45) is 0 Å². The highest BCUT2D eigenvalue weighted by Crippen LogP contribution is 2.48. The van der Waals surface area contributed by atoms with E-state index in [4.69, 9.17) is 4.74 Å². The molecular formula is C23H27NO2. The molecule has 1 aliphatic heterocycles. The van der Waals surface area contributed by atoms with Gasteiger partial charge in [0, 0.05) is 12.6 Å². The zero-order valence-corrected chi connectivity index (χ0v) is 15.7. The maximum Gasteiger partial charge on any atom is 0.306 e. The third-order valence-electron chi connectivity index (χ3n) is 6.05. The number of esters is 1. The van der Waals surface area contributed by atoms with E-state index in [0.29, 0.717) is 18.4 Å². The molecule has 3 nitrogen and oxygen atoms in total. The molecule has 2 aromatic rings. The van der Waals surface area contributed by atoms with Crippen LogP contribution in [0.2, 0.25) is 0 Å². The van der Waals surface area contributed by atoms with E-state index >= 15 is 0 Å². The number of likely N-dealkylation sites (tertiary alicyclic amines) is 1. The quantitative estimate of drug-likeness (QED) is 0.739. The Morgan fingerprint density at radius 3 is 2.65 bits per heavy atom. The normalized spacial score (nSPS) is 21.9. The van der Waals surface area contributed by atoms with Gasteiger partial charge in [0.2, 0.25) is 0 Å². The number of fused-ring (bicyclic) bond motifs is 5. The number of hydrogen-bond acceptors (Lipinski definition) is 3. The van der Waals surface area contributed by atoms with Gasteiger partial charge in [0.05, 0.1) is 13.5 Å². The van der Waals surface area contributed by atoms with Crippen LogP contribution in [-0.4, -0.2) is 31.1 Å². The topological polar surface area (TPSA) is 29.5 Å². The van der Waals surface area contributed by atoms with Gasteiger partial charge < -0.3 is 4.74 Å². The highest BCUT2D eigenvalue weighted by molar-refractivity contribution is 5.69. The molecule has 1 heterocycles. The average molecular weight is 349 g/mol. The summed E-state index contributed by atoms with van der Waals surface area (Å²) in [6.45, 7) is 3.99. The number of methoxy groups -OCH3 is 1. The Bertz CT molecular complexity index is 796. The fourth-order valence-electron chi connectivity index (χ4n) is 4.60. The lowest BCUT2D eigenvalue weighted by Crippen LogP contribution is -2.30. The van der Waals surface area contributed by atoms with Gasteiger partial charge in [-0.1, -0.05) is 42.0 Å². The molecule has 2 atom stereocenters. The van der Waals surface area contributed by atoms with Crippen molar-refractivity contribution in [3.63, 3.8) is 0 Å². The van der Waals surface area contributed by atoms with Crippen LogP contribution in [0.3, 0.4) is 0 Å². The summed E-state index contributed by atoms with van der Waals surface area (Å²) in [5.41, 5.74) is 6.85. The zero-order valence-electron chi connectivity index (χ0n) is 15.7. The molecule has 2 aliphatic rings. The van der Waals surface area contributed by atoms with E-state index in [1.54, 1.807) is 0 Å². The number of ether oxygens (including phenoxy) is 1. The molecule has 0 N–H and O–H groups in total. The van der Waals surface area contributed by atoms with Gasteiger partial charge in [0.25, 0.3) is 0 Å². The minimum Gasteiger partial charge on any atom is -0.469 e. The van der Waals surface area contributed by atoms with Crippen molar-refractivity contribution in [3.05, 3.63) is 59.2 Å². The van der Waals surface area contributed by atoms with Crippen molar-refractivity contribution in [1.29, 1.82) is 0 Å². The summed E-state index contributed by atoms with van der Waals surface area (Å²) in [7, 11) is 1.47. The van der Waals surface area contributed by atoms with Crippen LogP contribution < -0.4 is 0 Å². The van der Waals surface area contributed by atoms with Crippen molar-refractivity contribution < 1.29 is 9.53 Å². The summed E-state index contributed by atoms with van der Waals surface area (Å²) in [5, 5.41) is 0. The van der Waals surface area contributed by atoms with Crippen LogP contribution in [0, 0.1) is 6.92 Å². The highest BCUT2D eigenvalue weighted by Gasteiger charge is 2.36. The van der Waals surface area contributed by atoms with Crippen LogP contribution in [0.15, 0.2) is 42.5 Å². The zero-order chi connectivity index (χ0) is 18.1. The van der Waals surface area contributed by atoms with E-state index in [-0.39, 0.29) is 5.97 Å². The predicted octanol–water partition coefficient (Wildman–Crippen LogP) is 4.85. The first kappa shape index (κ1) is 17.3. The van der Waals surface area contributed by atoms with Crippen LogP contribution in [0.5, 0.6) is 0 Å². The molecule has 0 unspecified atom stereocenters. The van der Waals surface area contributed by atoms with Crippen LogP contribution >= 0.6 is 0 Å². The number of hydrogen-bond donors (Lipinski definition) is 0. The fourth-order valence-corrected chi connectivity index (χ4v) is 4.60. The van der Waals surface area contributed by atoms with Gasteiger partial charge in [-0.3, -0.25) is 9.69 Å². The van der Waals surface area contributed by atoms with Crippen molar-refractivity contribution in [1.82, 2.24) is 4.90 Å². The van der Waals surface area contributed by atoms with Gasteiger partial charge in [-0.25, -0.2) is 0 Å². The van der Waals surface area contributed by atoms with Crippen molar-refractivity contribution in [2.45, 2.75) is 44.6 Å². The number of aryl methyl sites for hydroxylation is 1. The Balaban J connectivity index is 1.63. The molecule has 0 radical (unpaired) electrons. The summed E-state index contributed by atoms with van der Waals surface area (Å²) >= 11 is 0. The molecule has 1 aliphatic carbocycles. The van der Waals surface area contributed by atoms with Crippen LogP contribution in [0.1, 0.15) is 54.3 Å². The molecule has 0 saturated carbocycles. The summed E-state index contributed by atoms with van der Waals surface area (Å²) in [4.78, 5) is 14.1.